The second kappa shape index (κ2) is 4.68. The van der Waals surface area contributed by atoms with E-state index in [0.29, 0.717) is 6.42 Å². The molecule has 1 aliphatic rings. The molecule has 96 valence electrons. The number of amides is 1. The second-order valence-electron chi connectivity index (χ2n) is 4.65. The van der Waals surface area contributed by atoms with Crippen molar-refractivity contribution < 1.29 is 4.79 Å². The van der Waals surface area contributed by atoms with Crippen LogP contribution in [-0.4, -0.2) is 21.2 Å². The summed E-state index contributed by atoms with van der Waals surface area (Å²) in [6.07, 6.45) is 5.89. The van der Waals surface area contributed by atoms with Gasteiger partial charge in [0.05, 0.1) is 12.0 Å². The van der Waals surface area contributed by atoms with Gasteiger partial charge in [0.1, 0.15) is 0 Å². The van der Waals surface area contributed by atoms with E-state index in [1.807, 2.05) is 42.0 Å². The Morgan fingerprint density at radius 3 is 2.74 bits per heavy atom. The predicted molar refractivity (Wildman–Crippen MR) is 72.0 cm³/mol. The maximum Gasteiger partial charge on any atom is 0.240 e. The van der Waals surface area contributed by atoms with Crippen molar-refractivity contribution in [2.75, 3.05) is 0 Å². The third kappa shape index (κ3) is 2.27. The summed E-state index contributed by atoms with van der Waals surface area (Å²) >= 11 is 0. The van der Waals surface area contributed by atoms with E-state index in [1.165, 1.54) is 0 Å². The van der Waals surface area contributed by atoms with Crippen LogP contribution in [0.5, 0.6) is 0 Å². The number of imidazole rings is 1. The van der Waals surface area contributed by atoms with Crippen LogP contribution >= 0.6 is 0 Å². The molecule has 0 radical (unpaired) electrons. The number of carbonyl (C=O) groups excluding carboxylic acids is 1. The van der Waals surface area contributed by atoms with Crippen molar-refractivity contribution in [1.29, 1.82) is 0 Å². The molecule has 1 amide bonds. The number of hydrogen-bond acceptors (Lipinski definition) is 3. The Hall–Kier alpha value is -2.43. The first-order valence-electron chi connectivity index (χ1n) is 6.19. The number of rotatable bonds is 2. The first-order valence-corrected chi connectivity index (χ1v) is 6.19. The molecule has 0 saturated heterocycles. The molecule has 5 nitrogen and oxygen atoms in total. The standard InChI is InChI=1S/C14H14N4O/c1-10-8-13(19)16-17-14(10)11-2-4-12(5-3-11)18-7-6-15-9-18/h2-7,9-10H,8H2,1H3,(H,16,19)/t10-/m0/s1. The molecule has 3 rings (SSSR count). The average molecular weight is 254 g/mol. The molecule has 1 aliphatic heterocycles. The summed E-state index contributed by atoms with van der Waals surface area (Å²) in [7, 11) is 0. The predicted octanol–water partition coefficient (Wildman–Crippen LogP) is 1.73. The van der Waals surface area contributed by atoms with Crippen LogP contribution in [0.15, 0.2) is 48.1 Å². The molecule has 0 bridgehead atoms. The Morgan fingerprint density at radius 2 is 2.11 bits per heavy atom. The van der Waals surface area contributed by atoms with Crippen LogP contribution in [0, 0.1) is 5.92 Å². The lowest BCUT2D eigenvalue weighted by Gasteiger charge is -2.19. The molecule has 2 heterocycles. The third-order valence-electron chi connectivity index (χ3n) is 3.23. The summed E-state index contributed by atoms with van der Waals surface area (Å²) in [6.45, 7) is 2.02. The van der Waals surface area contributed by atoms with E-state index in [-0.39, 0.29) is 11.8 Å². The van der Waals surface area contributed by atoms with E-state index in [9.17, 15) is 4.79 Å². The zero-order valence-electron chi connectivity index (χ0n) is 10.6. The topological polar surface area (TPSA) is 59.3 Å². The number of nitrogens with one attached hydrogen (secondary N) is 1. The van der Waals surface area contributed by atoms with Crippen LogP contribution in [-0.2, 0) is 4.79 Å². The fourth-order valence-electron chi connectivity index (χ4n) is 2.22. The summed E-state index contributed by atoms with van der Waals surface area (Å²) in [5, 5.41) is 4.15. The molecule has 1 aromatic carbocycles. The largest absolute Gasteiger partial charge is 0.306 e. The fraction of sp³-hybridized carbons (Fsp3) is 0.214. The quantitative estimate of drug-likeness (QED) is 0.887. The highest BCUT2D eigenvalue weighted by molar-refractivity contribution is 6.05. The highest BCUT2D eigenvalue weighted by Crippen LogP contribution is 2.18. The third-order valence-corrected chi connectivity index (χ3v) is 3.23. The minimum absolute atomic E-state index is 0.0220. The first kappa shape index (κ1) is 11.6. The van der Waals surface area contributed by atoms with E-state index < -0.39 is 0 Å². The zero-order valence-corrected chi connectivity index (χ0v) is 10.6. The van der Waals surface area contributed by atoms with Gasteiger partial charge in [-0.15, -0.1) is 0 Å². The van der Waals surface area contributed by atoms with Gasteiger partial charge >= 0.3 is 0 Å². The lowest BCUT2D eigenvalue weighted by Crippen LogP contribution is -2.31. The molecular weight excluding hydrogens is 240 g/mol. The number of benzene rings is 1. The van der Waals surface area contributed by atoms with Gasteiger partial charge in [-0.3, -0.25) is 4.79 Å². The van der Waals surface area contributed by atoms with Gasteiger partial charge in [0.15, 0.2) is 0 Å². The van der Waals surface area contributed by atoms with Crippen LogP contribution < -0.4 is 5.43 Å². The van der Waals surface area contributed by atoms with E-state index in [2.05, 4.69) is 15.5 Å². The summed E-state index contributed by atoms with van der Waals surface area (Å²) in [5.74, 6) is 0.124. The van der Waals surface area contributed by atoms with Gasteiger partial charge in [0.2, 0.25) is 5.91 Å². The van der Waals surface area contributed by atoms with Gasteiger partial charge in [-0.25, -0.2) is 10.4 Å². The molecule has 1 aromatic heterocycles. The van der Waals surface area contributed by atoms with Crippen molar-refractivity contribution in [3.63, 3.8) is 0 Å². The van der Waals surface area contributed by atoms with E-state index in [0.717, 1.165) is 17.0 Å². The number of nitrogens with zero attached hydrogens (tertiary/aromatic N) is 3. The van der Waals surface area contributed by atoms with E-state index in [4.69, 9.17) is 0 Å². The van der Waals surface area contributed by atoms with Crippen molar-refractivity contribution in [2.45, 2.75) is 13.3 Å². The van der Waals surface area contributed by atoms with Crippen LogP contribution in [0.2, 0.25) is 0 Å². The fourth-order valence-corrected chi connectivity index (χ4v) is 2.22. The van der Waals surface area contributed by atoms with Gasteiger partial charge in [-0.05, 0) is 17.7 Å². The number of hydrazone groups is 1. The van der Waals surface area contributed by atoms with E-state index in [1.54, 1.807) is 12.5 Å². The summed E-state index contributed by atoms with van der Waals surface area (Å²) < 4.78 is 1.94. The van der Waals surface area contributed by atoms with Crippen molar-refractivity contribution in [1.82, 2.24) is 15.0 Å². The van der Waals surface area contributed by atoms with Crippen LogP contribution in [0.3, 0.4) is 0 Å². The Kier molecular flexibility index (Phi) is 2.87. The van der Waals surface area contributed by atoms with Crippen LogP contribution in [0.1, 0.15) is 18.9 Å². The van der Waals surface area contributed by atoms with Crippen molar-refractivity contribution in [2.24, 2.45) is 11.0 Å². The molecule has 2 aromatic rings. The average Bonchev–Trinajstić information content (AvgIpc) is 2.93. The van der Waals surface area contributed by atoms with Gasteiger partial charge in [0.25, 0.3) is 0 Å². The monoisotopic (exact) mass is 254 g/mol. The number of hydrogen-bond donors (Lipinski definition) is 1. The first-order chi connectivity index (χ1) is 9.24. The Balaban J connectivity index is 1.89. The van der Waals surface area contributed by atoms with Gasteiger partial charge in [-0.2, -0.15) is 5.10 Å². The molecule has 1 atom stereocenters. The molecule has 0 aliphatic carbocycles. The Morgan fingerprint density at radius 1 is 1.32 bits per heavy atom. The molecule has 1 N–H and O–H groups in total. The smallest absolute Gasteiger partial charge is 0.240 e. The normalized spacial score (nSPS) is 18.9. The second-order valence-corrected chi connectivity index (χ2v) is 4.65. The minimum Gasteiger partial charge on any atom is -0.306 e. The van der Waals surface area contributed by atoms with Crippen molar-refractivity contribution in [3.05, 3.63) is 48.5 Å². The van der Waals surface area contributed by atoms with Crippen LogP contribution in [0.25, 0.3) is 5.69 Å². The molecule has 0 unspecified atom stereocenters. The van der Waals surface area contributed by atoms with Crippen LogP contribution in [0.4, 0.5) is 0 Å². The molecule has 5 heteroatoms. The highest BCUT2D eigenvalue weighted by Gasteiger charge is 2.21. The highest BCUT2D eigenvalue weighted by atomic mass is 16.2. The Bertz CT molecular complexity index is 613. The van der Waals surface area contributed by atoms with Crippen molar-refractivity contribution >= 4 is 11.6 Å². The summed E-state index contributed by atoms with van der Waals surface area (Å²) in [5.41, 5.74) is 5.55. The summed E-state index contributed by atoms with van der Waals surface area (Å²) in [6, 6.07) is 8.07. The van der Waals surface area contributed by atoms with E-state index >= 15 is 0 Å². The summed E-state index contributed by atoms with van der Waals surface area (Å²) in [4.78, 5) is 15.3. The SMILES string of the molecule is C[C@H]1CC(=O)NN=C1c1ccc(-n2ccnc2)cc1. The zero-order chi connectivity index (χ0) is 13.2. The lowest BCUT2D eigenvalue weighted by atomic mass is 9.94. The van der Waals surface area contributed by atoms with Gasteiger partial charge in [0, 0.05) is 30.4 Å². The molecular formula is C14H14N4O. The Labute approximate surface area is 111 Å². The minimum atomic E-state index is -0.0220. The molecule has 19 heavy (non-hydrogen) atoms. The number of carbonyl (C=O) groups is 1. The lowest BCUT2D eigenvalue weighted by molar-refractivity contribution is -0.121. The van der Waals surface area contributed by atoms with Crippen molar-refractivity contribution in [3.8, 4) is 5.69 Å². The molecule has 0 fully saturated rings. The maximum absolute atomic E-state index is 11.2. The van der Waals surface area contributed by atoms with Gasteiger partial charge < -0.3 is 4.57 Å². The van der Waals surface area contributed by atoms with Gasteiger partial charge in [-0.1, -0.05) is 19.1 Å². The molecule has 0 spiro atoms. The maximum atomic E-state index is 11.2. The molecule has 0 saturated carbocycles. The number of aromatic nitrogens is 2.